The first-order chi connectivity index (χ1) is 6.81. The van der Waals surface area contributed by atoms with E-state index >= 15 is 0 Å². The van der Waals surface area contributed by atoms with E-state index in [0.717, 1.165) is 12.3 Å². The number of rotatable bonds is 2. The summed E-state index contributed by atoms with van der Waals surface area (Å²) in [5.74, 6) is 2.15. The molecule has 2 aliphatic carbocycles. The first-order valence-corrected chi connectivity index (χ1v) is 5.76. The van der Waals surface area contributed by atoms with Crippen LogP contribution in [0, 0.1) is 17.8 Å². The molecule has 14 heavy (non-hydrogen) atoms. The molecule has 1 nitrogen and oxygen atoms in total. The molecule has 0 aromatic heterocycles. The Morgan fingerprint density at radius 1 is 1.50 bits per heavy atom. The Bertz CT molecular complexity index is 252. The topological polar surface area (TPSA) is 20.2 Å². The van der Waals surface area contributed by atoms with E-state index in [9.17, 15) is 0 Å². The molecule has 1 heteroatoms. The zero-order chi connectivity index (χ0) is 9.97. The minimum absolute atomic E-state index is 0.325. The lowest BCUT2D eigenvalue weighted by Gasteiger charge is -2.36. The minimum atomic E-state index is 0.325. The van der Waals surface area contributed by atoms with Crippen LogP contribution in [0.1, 0.15) is 32.6 Å². The van der Waals surface area contributed by atoms with Crippen LogP contribution in [0.25, 0.3) is 0 Å². The first kappa shape index (κ1) is 9.97. The van der Waals surface area contributed by atoms with Crippen LogP contribution in [-0.2, 0) is 0 Å². The SMILES string of the molecule is CC1=C[C@@H]2[C@H](CC=C[C@H]2CCO)CC1. The summed E-state index contributed by atoms with van der Waals surface area (Å²) in [4.78, 5) is 0. The molecule has 0 aliphatic heterocycles. The second kappa shape index (κ2) is 4.31. The van der Waals surface area contributed by atoms with E-state index in [1.165, 1.54) is 19.3 Å². The average molecular weight is 192 g/mol. The van der Waals surface area contributed by atoms with Gasteiger partial charge in [0.15, 0.2) is 0 Å². The molecule has 0 radical (unpaired) electrons. The second-order valence-corrected chi connectivity index (χ2v) is 4.73. The molecule has 0 unspecified atom stereocenters. The molecule has 78 valence electrons. The Morgan fingerprint density at radius 3 is 3.14 bits per heavy atom. The fraction of sp³-hybridized carbons (Fsp3) is 0.692. The summed E-state index contributed by atoms with van der Waals surface area (Å²) < 4.78 is 0. The Kier molecular flexibility index (Phi) is 3.07. The molecule has 1 N–H and O–H groups in total. The van der Waals surface area contributed by atoms with E-state index < -0.39 is 0 Å². The van der Waals surface area contributed by atoms with Gasteiger partial charge < -0.3 is 5.11 Å². The van der Waals surface area contributed by atoms with E-state index in [0.29, 0.717) is 18.4 Å². The third kappa shape index (κ3) is 1.93. The molecule has 0 heterocycles. The maximum Gasteiger partial charge on any atom is 0.0436 e. The summed E-state index contributed by atoms with van der Waals surface area (Å²) in [6.07, 6.45) is 11.9. The van der Waals surface area contributed by atoms with Crippen molar-refractivity contribution in [3.8, 4) is 0 Å². The van der Waals surface area contributed by atoms with Crippen LogP contribution >= 0.6 is 0 Å². The molecule has 0 saturated heterocycles. The summed E-state index contributed by atoms with van der Waals surface area (Å²) in [5.41, 5.74) is 1.55. The molecule has 0 bridgehead atoms. The average Bonchev–Trinajstić information content (AvgIpc) is 2.19. The van der Waals surface area contributed by atoms with E-state index in [2.05, 4.69) is 25.2 Å². The highest BCUT2D eigenvalue weighted by Crippen LogP contribution is 2.40. The zero-order valence-electron chi connectivity index (χ0n) is 8.95. The quantitative estimate of drug-likeness (QED) is 0.667. The van der Waals surface area contributed by atoms with Crippen molar-refractivity contribution in [2.75, 3.05) is 6.61 Å². The van der Waals surface area contributed by atoms with Crippen molar-refractivity contribution in [3.05, 3.63) is 23.8 Å². The van der Waals surface area contributed by atoms with Crippen molar-refractivity contribution in [1.29, 1.82) is 0 Å². The normalized spacial score (nSPS) is 36.4. The van der Waals surface area contributed by atoms with Gasteiger partial charge in [0.2, 0.25) is 0 Å². The number of aliphatic hydroxyl groups excluding tert-OH is 1. The summed E-state index contributed by atoms with van der Waals surface area (Å²) in [7, 11) is 0. The Morgan fingerprint density at radius 2 is 2.36 bits per heavy atom. The van der Waals surface area contributed by atoms with Gasteiger partial charge in [-0.25, -0.2) is 0 Å². The van der Waals surface area contributed by atoms with E-state index in [-0.39, 0.29) is 0 Å². The van der Waals surface area contributed by atoms with Crippen molar-refractivity contribution >= 4 is 0 Å². The molecule has 0 spiro atoms. The number of fused-ring (bicyclic) bond motifs is 1. The van der Waals surface area contributed by atoms with Crippen LogP contribution in [-0.4, -0.2) is 11.7 Å². The van der Waals surface area contributed by atoms with Gasteiger partial charge in [0.1, 0.15) is 0 Å². The largest absolute Gasteiger partial charge is 0.396 e. The van der Waals surface area contributed by atoms with Gasteiger partial charge in [0.25, 0.3) is 0 Å². The third-order valence-electron chi connectivity index (χ3n) is 3.71. The lowest BCUT2D eigenvalue weighted by molar-refractivity contribution is 0.211. The molecule has 0 amide bonds. The molecular weight excluding hydrogens is 172 g/mol. The van der Waals surface area contributed by atoms with Gasteiger partial charge in [-0.05, 0) is 50.4 Å². The van der Waals surface area contributed by atoms with Crippen LogP contribution in [0.2, 0.25) is 0 Å². The van der Waals surface area contributed by atoms with E-state index in [1.54, 1.807) is 5.57 Å². The summed E-state index contributed by atoms with van der Waals surface area (Å²) in [6.45, 7) is 2.57. The van der Waals surface area contributed by atoms with Crippen molar-refractivity contribution in [2.45, 2.75) is 32.6 Å². The molecule has 0 aromatic carbocycles. The first-order valence-electron chi connectivity index (χ1n) is 5.76. The van der Waals surface area contributed by atoms with Crippen LogP contribution < -0.4 is 0 Å². The highest BCUT2D eigenvalue weighted by Gasteiger charge is 2.30. The predicted octanol–water partition coefficient (Wildman–Crippen LogP) is 2.92. The van der Waals surface area contributed by atoms with E-state index in [4.69, 9.17) is 5.11 Å². The smallest absolute Gasteiger partial charge is 0.0436 e. The predicted molar refractivity (Wildman–Crippen MR) is 58.9 cm³/mol. The van der Waals surface area contributed by atoms with Crippen LogP contribution in [0.4, 0.5) is 0 Å². The Balaban J connectivity index is 2.14. The number of hydrogen-bond donors (Lipinski definition) is 1. The Labute approximate surface area is 86.5 Å². The minimum Gasteiger partial charge on any atom is -0.396 e. The van der Waals surface area contributed by atoms with Crippen molar-refractivity contribution in [3.63, 3.8) is 0 Å². The van der Waals surface area contributed by atoms with Crippen molar-refractivity contribution in [1.82, 2.24) is 0 Å². The fourth-order valence-corrected chi connectivity index (χ4v) is 2.90. The highest BCUT2D eigenvalue weighted by atomic mass is 16.3. The Hall–Kier alpha value is -0.560. The fourth-order valence-electron chi connectivity index (χ4n) is 2.90. The lowest BCUT2D eigenvalue weighted by atomic mass is 9.69. The summed E-state index contributed by atoms with van der Waals surface area (Å²) in [6, 6.07) is 0. The van der Waals surface area contributed by atoms with Crippen molar-refractivity contribution < 1.29 is 5.11 Å². The maximum atomic E-state index is 9.02. The molecule has 3 atom stereocenters. The van der Waals surface area contributed by atoms with Crippen LogP contribution in [0.15, 0.2) is 23.8 Å². The standard InChI is InChI=1S/C13H20O/c1-10-5-6-11-3-2-4-12(7-8-14)13(11)9-10/h2,4,9,11-14H,3,5-8H2,1H3/t11-,12+,13-/m1/s1. The zero-order valence-corrected chi connectivity index (χ0v) is 8.95. The number of aliphatic hydroxyl groups is 1. The maximum absolute atomic E-state index is 9.02. The molecule has 0 aromatic rings. The summed E-state index contributed by atoms with van der Waals surface area (Å²) in [5, 5.41) is 9.02. The van der Waals surface area contributed by atoms with Crippen LogP contribution in [0.5, 0.6) is 0 Å². The number of allylic oxidation sites excluding steroid dienone is 4. The summed E-state index contributed by atoms with van der Waals surface area (Å²) >= 11 is 0. The molecule has 0 fully saturated rings. The number of hydrogen-bond acceptors (Lipinski definition) is 1. The second-order valence-electron chi connectivity index (χ2n) is 4.73. The highest BCUT2D eigenvalue weighted by molar-refractivity contribution is 5.14. The van der Waals surface area contributed by atoms with Gasteiger partial charge in [0, 0.05) is 6.61 Å². The van der Waals surface area contributed by atoms with Crippen LogP contribution in [0.3, 0.4) is 0 Å². The molecular formula is C13H20O. The molecule has 2 aliphatic rings. The molecule has 0 saturated carbocycles. The van der Waals surface area contributed by atoms with Gasteiger partial charge in [0.05, 0.1) is 0 Å². The van der Waals surface area contributed by atoms with Gasteiger partial charge in [-0.15, -0.1) is 0 Å². The lowest BCUT2D eigenvalue weighted by Crippen LogP contribution is -2.27. The van der Waals surface area contributed by atoms with Gasteiger partial charge in [-0.2, -0.15) is 0 Å². The van der Waals surface area contributed by atoms with E-state index in [1.807, 2.05) is 0 Å². The third-order valence-corrected chi connectivity index (χ3v) is 3.71. The van der Waals surface area contributed by atoms with Gasteiger partial charge in [-0.3, -0.25) is 0 Å². The van der Waals surface area contributed by atoms with Gasteiger partial charge in [-0.1, -0.05) is 23.8 Å². The monoisotopic (exact) mass is 192 g/mol. The molecule has 2 rings (SSSR count). The van der Waals surface area contributed by atoms with Crippen molar-refractivity contribution in [2.24, 2.45) is 17.8 Å². The van der Waals surface area contributed by atoms with Gasteiger partial charge >= 0.3 is 0 Å².